The van der Waals surface area contributed by atoms with Gasteiger partial charge in [0.25, 0.3) is 0 Å². The van der Waals surface area contributed by atoms with E-state index in [1.165, 1.54) is 0 Å². The molecule has 0 aromatic heterocycles. The number of carbonyl (C=O) groups excluding carboxylic acids is 4. The molecular formula is C14H19N3O14. The number of ether oxygens (including phenoxy) is 5. The zero-order valence-electron chi connectivity index (χ0n) is 16.4. The zero-order valence-corrected chi connectivity index (χ0v) is 16.4. The summed E-state index contributed by atoms with van der Waals surface area (Å²) in [5, 5.41) is 56.1. The molecule has 0 aliphatic carbocycles. The minimum absolute atomic E-state index is 0.583. The molecule has 0 saturated carbocycles. The van der Waals surface area contributed by atoms with Gasteiger partial charge in [-0.15, -0.1) is 0 Å². The van der Waals surface area contributed by atoms with Gasteiger partial charge < -0.3 is 49.2 Å². The maximum absolute atomic E-state index is 11.6. The standard InChI is InChI=1S/C14H19N3O14/c1-5(18)27-10(22)9-11(23,28-6(2)19)12(24,29-7(3)20)13(25,30-8(4)21)14(26,31-9)16-17-15/h9-10,22-26H,1-4H3/t9-,10?,11+,12-,13+,14-/m1/s1. The Labute approximate surface area is 172 Å². The Hall–Kier alpha value is -3.05. The van der Waals surface area contributed by atoms with Crippen molar-refractivity contribution in [2.24, 2.45) is 5.11 Å². The van der Waals surface area contributed by atoms with Crippen molar-refractivity contribution >= 4 is 23.9 Å². The fraction of sp³-hybridized carbons (Fsp3) is 0.714. The van der Waals surface area contributed by atoms with Gasteiger partial charge in [-0.2, -0.15) is 0 Å². The minimum Gasteiger partial charge on any atom is -0.433 e. The highest BCUT2D eigenvalue weighted by molar-refractivity contribution is 5.69. The largest absolute Gasteiger partial charge is 0.433 e. The van der Waals surface area contributed by atoms with Crippen LogP contribution in [0, 0.1) is 0 Å². The molecule has 174 valence electrons. The summed E-state index contributed by atoms with van der Waals surface area (Å²) in [6.07, 6.45) is -5.60. The molecule has 1 unspecified atom stereocenters. The van der Waals surface area contributed by atoms with Gasteiger partial charge in [-0.25, -0.2) is 0 Å². The molecule has 0 radical (unpaired) electrons. The minimum atomic E-state index is -4.27. The predicted octanol–water partition coefficient (Wildman–Crippen LogP) is -3.02. The Kier molecular flexibility index (Phi) is 7.21. The molecule has 0 aromatic rings. The molecule has 1 rings (SSSR count). The van der Waals surface area contributed by atoms with Crippen molar-refractivity contribution < 1.29 is 68.4 Å². The van der Waals surface area contributed by atoms with Gasteiger partial charge in [0.05, 0.1) is 0 Å². The highest BCUT2D eigenvalue weighted by atomic mass is 16.8. The summed E-state index contributed by atoms with van der Waals surface area (Å²) in [5.41, 5.74) is 8.73. The average Bonchev–Trinajstić information content (AvgIpc) is 2.55. The molecule has 0 aromatic carbocycles. The van der Waals surface area contributed by atoms with Crippen LogP contribution >= 0.6 is 0 Å². The Balaban J connectivity index is 4.02. The maximum atomic E-state index is 11.6. The molecule has 17 heteroatoms. The van der Waals surface area contributed by atoms with Crippen LogP contribution in [0.3, 0.4) is 0 Å². The van der Waals surface area contributed by atoms with E-state index in [4.69, 9.17) is 5.53 Å². The summed E-state index contributed by atoms with van der Waals surface area (Å²) in [6.45, 7) is 2.55. The van der Waals surface area contributed by atoms with Crippen molar-refractivity contribution in [1.82, 2.24) is 0 Å². The van der Waals surface area contributed by atoms with Crippen molar-refractivity contribution in [2.45, 2.75) is 63.4 Å². The third-order valence-corrected chi connectivity index (χ3v) is 3.67. The van der Waals surface area contributed by atoms with Crippen molar-refractivity contribution in [3.8, 4) is 0 Å². The highest BCUT2D eigenvalue weighted by Gasteiger charge is 2.86. The Bertz CT molecular complexity index is 829. The molecular weight excluding hydrogens is 434 g/mol. The van der Waals surface area contributed by atoms with Crippen LogP contribution < -0.4 is 0 Å². The van der Waals surface area contributed by atoms with Gasteiger partial charge in [-0.05, 0) is 10.6 Å². The summed E-state index contributed by atoms with van der Waals surface area (Å²) in [5.74, 6) is -22.3. The van der Waals surface area contributed by atoms with Crippen LogP contribution in [0.25, 0.3) is 10.4 Å². The lowest BCUT2D eigenvalue weighted by atomic mass is 9.84. The lowest BCUT2D eigenvalue weighted by Crippen LogP contribution is -2.87. The number of azide groups is 1. The second-order valence-electron chi connectivity index (χ2n) is 6.10. The average molecular weight is 453 g/mol. The molecule has 31 heavy (non-hydrogen) atoms. The Morgan fingerprint density at radius 2 is 1.35 bits per heavy atom. The van der Waals surface area contributed by atoms with E-state index in [-0.39, 0.29) is 0 Å². The van der Waals surface area contributed by atoms with Gasteiger partial charge in [0, 0.05) is 32.6 Å². The van der Waals surface area contributed by atoms with Crippen LogP contribution in [0.4, 0.5) is 0 Å². The van der Waals surface area contributed by atoms with Gasteiger partial charge in [0.15, 0.2) is 6.10 Å². The van der Waals surface area contributed by atoms with E-state index in [1.54, 1.807) is 0 Å². The lowest BCUT2D eigenvalue weighted by Gasteiger charge is -2.57. The first-order valence-corrected chi connectivity index (χ1v) is 8.07. The highest BCUT2D eigenvalue weighted by Crippen LogP contribution is 2.52. The van der Waals surface area contributed by atoms with Crippen molar-refractivity contribution in [1.29, 1.82) is 0 Å². The van der Waals surface area contributed by atoms with Gasteiger partial charge in [0.2, 0.25) is 6.29 Å². The van der Waals surface area contributed by atoms with Crippen molar-refractivity contribution in [3.05, 3.63) is 10.4 Å². The van der Waals surface area contributed by atoms with E-state index in [1.807, 2.05) is 0 Å². The van der Waals surface area contributed by atoms with Crippen molar-refractivity contribution in [3.63, 3.8) is 0 Å². The summed E-state index contributed by atoms with van der Waals surface area (Å²) in [6, 6.07) is 0. The quantitative estimate of drug-likeness (QED) is 0.0669. The first kappa shape index (κ1) is 26.0. The zero-order chi connectivity index (χ0) is 24.4. The second kappa shape index (κ2) is 8.60. The molecule has 5 N–H and O–H groups in total. The molecule has 1 aliphatic heterocycles. The van der Waals surface area contributed by atoms with E-state index < -0.39 is 59.5 Å². The first-order valence-electron chi connectivity index (χ1n) is 8.07. The first-order chi connectivity index (χ1) is 14.0. The number of hydrogen-bond acceptors (Lipinski definition) is 15. The number of aliphatic hydroxyl groups excluding tert-OH is 1. The molecule has 1 fully saturated rings. The summed E-state index contributed by atoms with van der Waals surface area (Å²) in [4.78, 5) is 48.1. The van der Waals surface area contributed by atoms with Gasteiger partial charge >= 0.3 is 47.1 Å². The number of hydrogen-bond donors (Lipinski definition) is 5. The number of esters is 4. The van der Waals surface area contributed by atoms with Crippen molar-refractivity contribution in [2.75, 3.05) is 0 Å². The SMILES string of the molecule is CC(=O)OC(O)[C@H]1O[C@@](O)(N=[N+]=[N-])[C@@](O)(OC(C)=O)[C@](O)(OC(C)=O)[C@@]1(O)OC(C)=O. The fourth-order valence-electron chi connectivity index (χ4n) is 2.67. The number of carbonyl (C=O) groups is 4. The van der Waals surface area contributed by atoms with Crippen LogP contribution in [-0.4, -0.2) is 85.1 Å². The number of rotatable bonds is 6. The molecule has 1 heterocycles. The van der Waals surface area contributed by atoms with E-state index in [9.17, 15) is 44.7 Å². The van der Waals surface area contributed by atoms with Crippen LogP contribution in [0.15, 0.2) is 5.11 Å². The molecule has 0 amide bonds. The summed E-state index contributed by atoms with van der Waals surface area (Å²) >= 11 is 0. The Morgan fingerprint density at radius 1 is 0.903 bits per heavy atom. The predicted molar refractivity (Wildman–Crippen MR) is 86.9 cm³/mol. The molecule has 6 atom stereocenters. The second-order valence-corrected chi connectivity index (χ2v) is 6.10. The fourth-order valence-corrected chi connectivity index (χ4v) is 2.67. The van der Waals surface area contributed by atoms with Gasteiger partial charge in [-0.1, -0.05) is 0 Å². The molecule has 0 bridgehead atoms. The van der Waals surface area contributed by atoms with Crippen LogP contribution in [-0.2, 0) is 42.9 Å². The summed E-state index contributed by atoms with van der Waals surface area (Å²) < 4.78 is 22.3. The van der Waals surface area contributed by atoms with E-state index >= 15 is 0 Å². The van der Waals surface area contributed by atoms with Gasteiger partial charge in [0.1, 0.15) is 0 Å². The third-order valence-electron chi connectivity index (χ3n) is 3.67. The topological polar surface area (TPSA) is 264 Å². The molecule has 1 aliphatic rings. The Morgan fingerprint density at radius 3 is 1.74 bits per heavy atom. The maximum Gasteiger partial charge on any atom is 0.352 e. The van der Waals surface area contributed by atoms with Crippen LogP contribution in [0.1, 0.15) is 27.7 Å². The van der Waals surface area contributed by atoms with Crippen LogP contribution in [0.2, 0.25) is 0 Å². The van der Waals surface area contributed by atoms with E-state index in [2.05, 4.69) is 33.7 Å². The van der Waals surface area contributed by atoms with Gasteiger partial charge in [-0.3, -0.25) is 19.2 Å². The van der Waals surface area contributed by atoms with E-state index in [0.717, 1.165) is 6.92 Å². The molecule has 17 nitrogen and oxygen atoms in total. The van der Waals surface area contributed by atoms with Crippen LogP contribution in [0.5, 0.6) is 0 Å². The number of aliphatic hydroxyl groups is 5. The normalized spacial score (nSPS) is 35.7. The monoisotopic (exact) mass is 453 g/mol. The lowest BCUT2D eigenvalue weighted by molar-refractivity contribution is -0.563. The number of nitrogens with zero attached hydrogens (tertiary/aromatic N) is 3. The molecule has 0 spiro atoms. The van der Waals surface area contributed by atoms with E-state index in [0.29, 0.717) is 20.8 Å². The summed E-state index contributed by atoms with van der Waals surface area (Å²) in [7, 11) is 0. The molecule has 1 saturated heterocycles. The third kappa shape index (κ3) is 4.37. The smallest absolute Gasteiger partial charge is 0.352 e.